The van der Waals surface area contributed by atoms with Gasteiger partial charge < -0.3 is 4.74 Å². The normalized spacial score (nSPS) is 11.0. The molecular formula is C15H11Br2ClN2O. The van der Waals surface area contributed by atoms with Gasteiger partial charge in [0.1, 0.15) is 11.6 Å². The summed E-state index contributed by atoms with van der Waals surface area (Å²) >= 11 is 13.1. The van der Waals surface area contributed by atoms with Gasteiger partial charge in [-0.2, -0.15) is 0 Å². The Morgan fingerprint density at radius 2 is 2.00 bits per heavy atom. The number of fused-ring (bicyclic) bond motifs is 1. The van der Waals surface area contributed by atoms with E-state index in [1.807, 2.05) is 41.0 Å². The third kappa shape index (κ3) is 2.70. The van der Waals surface area contributed by atoms with Gasteiger partial charge in [-0.3, -0.25) is 4.57 Å². The molecule has 3 rings (SSSR count). The van der Waals surface area contributed by atoms with Gasteiger partial charge >= 0.3 is 0 Å². The molecule has 3 aromatic rings. The number of imidazole rings is 1. The van der Waals surface area contributed by atoms with Crippen molar-refractivity contribution in [1.82, 2.24) is 9.55 Å². The van der Waals surface area contributed by atoms with Gasteiger partial charge in [0.2, 0.25) is 0 Å². The van der Waals surface area contributed by atoms with Crippen molar-refractivity contribution < 1.29 is 4.74 Å². The van der Waals surface area contributed by atoms with Crippen molar-refractivity contribution >= 4 is 54.5 Å². The molecule has 0 amide bonds. The average Bonchev–Trinajstić information content (AvgIpc) is 2.84. The highest BCUT2D eigenvalue weighted by molar-refractivity contribution is 9.11. The Hall–Kier alpha value is -1.04. The van der Waals surface area contributed by atoms with E-state index in [9.17, 15) is 0 Å². The van der Waals surface area contributed by atoms with Gasteiger partial charge in [-0.25, -0.2) is 4.98 Å². The van der Waals surface area contributed by atoms with Gasteiger partial charge in [0.15, 0.2) is 0 Å². The summed E-state index contributed by atoms with van der Waals surface area (Å²) in [6.07, 6.45) is 0. The van der Waals surface area contributed by atoms with E-state index in [-0.39, 0.29) is 0 Å². The van der Waals surface area contributed by atoms with Crippen molar-refractivity contribution in [3.05, 3.63) is 51.2 Å². The molecule has 2 aromatic carbocycles. The van der Waals surface area contributed by atoms with Gasteiger partial charge in [-0.1, -0.05) is 15.9 Å². The average molecular weight is 431 g/mol. The van der Waals surface area contributed by atoms with E-state index in [0.717, 1.165) is 37.2 Å². The van der Waals surface area contributed by atoms with Crippen molar-refractivity contribution in [1.29, 1.82) is 0 Å². The molecule has 0 N–H and O–H groups in total. The van der Waals surface area contributed by atoms with Gasteiger partial charge in [0.05, 0.1) is 29.7 Å². The van der Waals surface area contributed by atoms with Crippen molar-refractivity contribution in [3.8, 4) is 11.4 Å². The third-order valence-electron chi connectivity index (χ3n) is 3.20. The molecule has 0 saturated heterocycles. The number of ether oxygens (including phenoxy) is 1. The zero-order valence-electron chi connectivity index (χ0n) is 11.1. The van der Waals surface area contributed by atoms with E-state index >= 15 is 0 Å². The Bertz CT molecular complexity index is 817. The summed E-state index contributed by atoms with van der Waals surface area (Å²) < 4.78 is 9.33. The van der Waals surface area contributed by atoms with Crippen LogP contribution in [0.15, 0.2) is 45.3 Å². The molecule has 3 nitrogen and oxygen atoms in total. The Balaban J connectivity index is 2.33. The minimum atomic E-state index is 0.333. The first-order chi connectivity index (χ1) is 10.1. The van der Waals surface area contributed by atoms with Crippen LogP contribution in [0, 0.1) is 0 Å². The Morgan fingerprint density at radius 3 is 2.67 bits per heavy atom. The molecule has 0 bridgehead atoms. The van der Waals surface area contributed by atoms with E-state index in [0.29, 0.717) is 5.88 Å². The predicted molar refractivity (Wildman–Crippen MR) is 92.6 cm³/mol. The van der Waals surface area contributed by atoms with Crippen LogP contribution in [0.5, 0.6) is 5.75 Å². The minimum absolute atomic E-state index is 0.333. The van der Waals surface area contributed by atoms with E-state index in [2.05, 4.69) is 36.8 Å². The maximum absolute atomic E-state index is 6.07. The highest BCUT2D eigenvalue weighted by atomic mass is 79.9. The molecule has 21 heavy (non-hydrogen) atoms. The molecule has 0 unspecified atom stereocenters. The number of hydrogen-bond acceptors (Lipinski definition) is 2. The first-order valence-corrected chi connectivity index (χ1v) is 8.33. The van der Waals surface area contributed by atoms with Crippen LogP contribution < -0.4 is 4.74 Å². The molecule has 0 aliphatic carbocycles. The summed E-state index contributed by atoms with van der Waals surface area (Å²) in [7, 11) is 1.65. The van der Waals surface area contributed by atoms with E-state index in [1.165, 1.54) is 0 Å². The number of methoxy groups -OCH3 is 1. The fourth-order valence-corrected chi connectivity index (χ4v) is 3.66. The van der Waals surface area contributed by atoms with Crippen LogP contribution in [0.4, 0.5) is 0 Å². The number of benzene rings is 2. The zero-order chi connectivity index (χ0) is 15.0. The number of hydrogen-bond donors (Lipinski definition) is 0. The van der Waals surface area contributed by atoms with Crippen molar-refractivity contribution in [2.75, 3.05) is 7.11 Å². The number of alkyl halides is 1. The summed E-state index contributed by atoms with van der Waals surface area (Å²) in [6.45, 7) is 0. The van der Waals surface area contributed by atoms with E-state index < -0.39 is 0 Å². The lowest BCUT2D eigenvalue weighted by Gasteiger charge is -2.11. The summed E-state index contributed by atoms with van der Waals surface area (Å²) in [5, 5.41) is 0. The van der Waals surface area contributed by atoms with Crippen LogP contribution in [0.1, 0.15) is 5.82 Å². The zero-order valence-corrected chi connectivity index (χ0v) is 15.0. The molecule has 0 fully saturated rings. The van der Waals surface area contributed by atoms with Crippen LogP contribution in [0.25, 0.3) is 16.7 Å². The van der Waals surface area contributed by atoms with Crippen LogP contribution in [-0.4, -0.2) is 16.7 Å². The Kier molecular flexibility index (Phi) is 4.24. The fraction of sp³-hybridized carbons (Fsp3) is 0.133. The largest absolute Gasteiger partial charge is 0.497 e. The first kappa shape index (κ1) is 14.9. The van der Waals surface area contributed by atoms with Gasteiger partial charge in [0.25, 0.3) is 0 Å². The highest BCUT2D eigenvalue weighted by Gasteiger charge is 2.14. The maximum atomic E-state index is 6.07. The van der Waals surface area contributed by atoms with E-state index in [1.54, 1.807) is 7.11 Å². The number of halogens is 3. The summed E-state index contributed by atoms with van der Waals surface area (Å²) in [5.41, 5.74) is 2.85. The molecule has 1 aromatic heterocycles. The standard InChI is InChI=1S/C15H11Br2ClN2O/c1-21-10-3-4-12-14(7-10)20(15(8-18)19-12)13-5-2-9(16)6-11(13)17/h2-7H,8H2,1H3. The topological polar surface area (TPSA) is 27.1 Å². The van der Waals surface area contributed by atoms with Crippen molar-refractivity contribution in [2.24, 2.45) is 0 Å². The second-order valence-electron chi connectivity index (χ2n) is 4.45. The van der Waals surface area contributed by atoms with Gasteiger partial charge in [0, 0.05) is 15.0 Å². The predicted octanol–water partition coefficient (Wildman–Crippen LogP) is 5.30. The molecule has 108 valence electrons. The third-order valence-corrected chi connectivity index (χ3v) is 4.57. The quantitative estimate of drug-likeness (QED) is 0.528. The fourth-order valence-electron chi connectivity index (χ4n) is 2.25. The first-order valence-electron chi connectivity index (χ1n) is 6.21. The lowest BCUT2D eigenvalue weighted by atomic mass is 10.2. The van der Waals surface area contributed by atoms with Crippen LogP contribution in [0.3, 0.4) is 0 Å². The smallest absolute Gasteiger partial charge is 0.129 e. The molecular weight excluding hydrogens is 419 g/mol. The molecule has 1 heterocycles. The number of aromatic nitrogens is 2. The minimum Gasteiger partial charge on any atom is -0.497 e. The number of nitrogens with zero attached hydrogens (tertiary/aromatic N) is 2. The molecule has 0 spiro atoms. The molecule has 0 saturated carbocycles. The summed E-state index contributed by atoms with van der Waals surface area (Å²) in [6, 6.07) is 11.8. The van der Waals surface area contributed by atoms with Crippen LogP contribution >= 0.6 is 43.5 Å². The van der Waals surface area contributed by atoms with Crippen molar-refractivity contribution in [3.63, 3.8) is 0 Å². The molecule has 0 aliphatic heterocycles. The molecule has 0 aliphatic rings. The van der Waals surface area contributed by atoms with Crippen molar-refractivity contribution in [2.45, 2.75) is 5.88 Å². The molecule has 6 heteroatoms. The lowest BCUT2D eigenvalue weighted by Crippen LogP contribution is -2.00. The Labute approximate surface area is 144 Å². The number of rotatable bonds is 3. The monoisotopic (exact) mass is 428 g/mol. The SMILES string of the molecule is COc1ccc2nc(CCl)n(-c3ccc(Br)cc3Br)c2c1. The second kappa shape index (κ2) is 5.99. The van der Waals surface area contributed by atoms with Gasteiger partial charge in [-0.15, -0.1) is 11.6 Å². The molecule has 0 atom stereocenters. The van der Waals surface area contributed by atoms with E-state index in [4.69, 9.17) is 16.3 Å². The van der Waals surface area contributed by atoms with Crippen LogP contribution in [-0.2, 0) is 5.88 Å². The summed E-state index contributed by atoms with van der Waals surface area (Å²) in [5.74, 6) is 1.92. The lowest BCUT2D eigenvalue weighted by molar-refractivity contribution is 0.415. The maximum Gasteiger partial charge on any atom is 0.129 e. The van der Waals surface area contributed by atoms with Gasteiger partial charge in [-0.05, 0) is 46.3 Å². The Morgan fingerprint density at radius 1 is 1.19 bits per heavy atom. The highest BCUT2D eigenvalue weighted by Crippen LogP contribution is 2.31. The molecule has 0 radical (unpaired) electrons. The van der Waals surface area contributed by atoms with Crippen LogP contribution in [0.2, 0.25) is 0 Å². The summed E-state index contributed by atoms with van der Waals surface area (Å²) in [4.78, 5) is 4.59. The second-order valence-corrected chi connectivity index (χ2v) is 6.48.